The van der Waals surface area contributed by atoms with Crippen molar-refractivity contribution >= 4 is 23.3 Å². The Morgan fingerprint density at radius 3 is 2.65 bits per heavy atom. The quantitative estimate of drug-likeness (QED) is 0.835. The van der Waals surface area contributed by atoms with E-state index in [4.69, 9.17) is 0 Å². The summed E-state index contributed by atoms with van der Waals surface area (Å²) in [4.78, 5) is 30.4. The molecule has 1 fully saturated rings. The summed E-state index contributed by atoms with van der Waals surface area (Å²) in [5, 5.41) is 5.58. The van der Waals surface area contributed by atoms with Crippen LogP contribution in [0.2, 0.25) is 0 Å². The number of nitrogens with zero attached hydrogens (tertiary/aromatic N) is 2. The first-order valence-electron chi connectivity index (χ1n) is 8.67. The zero-order valence-corrected chi connectivity index (χ0v) is 14.4. The van der Waals surface area contributed by atoms with Crippen LogP contribution in [0.15, 0.2) is 42.6 Å². The average molecular weight is 356 g/mol. The second-order valence-electron chi connectivity index (χ2n) is 6.10. The van der Waals surface area contributed by atoms with E-state index in [0.29, 0.717) is 5.56 Å². The second-order valence-corrected chi connectivity index (χ2v) is 6.10. The molecule has 2 aromatic rings. The summed E-state index contributed by atoms with van der Waals surface area (Å²) in [5.41, 5.74) is 0.536. The third-order valence-electron chi connectivity index (χ3n) is 4.26. The minimum Gasteiger partial charge on any atom is -0.351 e. The molecule has 3 rings (SSSR count). The zero-order chi connectivity index (χ0) is 18.4. The van der Waals surface area contributed by atoms with Crippen LogP contribution in [0.3, 0.4) is 0 Å². The summed E-state index contributed by atoms with van der Waals surface area (Å²) in [6, 6.07) is 9.42. The number of nitrogens with one attached hydrogen (secondary N) is 2. The van der Waals surface area contributed by atoms with Crippen LogP contribution < -0.4 is 10.6 Å². The summed E-state index contributed by atoms with van der Waals surface area (Å²) in [6.07, 6.45) is 3.87. The van der Waals surface area contributed by atoms with Gasteiger partial charge in [-0.25, -0.2) is 9.37 Å². The fourth-order valence-electron chi connectivity index (χ4n) is 2.88. The van der Waals surface area contributed by atoms with E-state index in [2.05, 4.69) is 15.6 Å². The second kappa shape index (κ2) is 8.42. The van der Waals surface area contributed by atoms with Crippen LogP contribution in [-0.2, 0) is 4.79 Å². The lowest BCUT2D eigenvalue weighted by Gasteiger charge is -2.15. The number of carbonyl (C=O) groups is 2. The predicted octanol–water partition coefficient (Wildman–Crippen LogP) is 2.71. The first kappa shape index (κ1) is 17.8. The Hall–Kier alpha value is -2.96. The average Bonchev–Trinajstić information content (AvgIpc) is 3.19. The number of halogens is 1. The standard InChI is InChI=1S/C19H21FN4O2/c20-15-7-1-2-8-16(15)23-18-14(6-5-10-21-18)19(26)22-11-9-17(25)24-12-3-4-13-24/h1-2,5-8,10H,3-4,9,11-13H2,(H,21,23)(H,22,26). The van der Waals surface area contributed by atoms with E-state index in [1.807, 2.05) is 4.90 Å². The highest BCUT2D eigenvalue weighted by molar-refractivity contribution is 5.99. The number of likely N-dealkylation sites (tertiary alicyclic amines) is 1. The molecule has 1 aliphatic rings. The molecule has 136 valence electrons. The number of benzene rings is 1. The maximum absolute atomic E-state index is 13.8. The van der Waals surface area contributed by atoms with Crippen molar-refractivity contribution < 1.29 is 14.0 Å². The third kappa shape index (κ3) is 4.36. The molecule has 1 aromatic heterocycles. The Labute approximate surface area is 151 Å². The van der Waals surface area contributed by atoms with Crippen molar-refractivity contribution in [1.82, 2.24) is 15.2 Å². The lowest BCUT2D eigenvalue weighted by molar-refractivity contribution is -0.129. The SMILES string of the molecule is O=C(NCCC(=O)N1CCCC1)c1cccnc1Nc1ccccc1F. The summed E-state index contributed by atoms with van der Waals surface area (Å²) < 4.78 is 13.8. The van der Waals surface area contributed by atoms with Gasteiger partial charge >= 0.3 is 0 Å². The molecule has 0 atom stereocenters. The number of rotatable bonds is 6. The van der Waals surface area contributed by atoms with E-state index in [-0.39, 0.29) is 36.3 Å². The molecular formula is C19H21FN4O2. The molecule has 0 unspecified atom stereocenters. The summed E-state index contributed by atoms with van der Waals surface area (Å²) in [5.74, 6) is -0.466. The smallest absolute Gasteiger partial charge is 0.255 e. The van der Waals surface area contributed by atoms with Gasteiger partial charge in [0, 0.05) is 32.3 Å². The summed E-state index contributed by atoms with van der Waals surface area (Å²) in [6.45, 7) is 1.85. The molecule has 1 saturated heterocycles. The predicted molar refractivity (Wildman–Crippen MR) is 96.7 cm³/mol. The minimum absolute atomic E-state index is 0.0543. The molecule has 0 bridgehead atoms. The van der Waals surface area contributed by atoms with Gasteiger partial charge < -0.3 is 15.5 Å². The number of amides is 2. The van der Waals surface area contributed by atoms with Crippen molar-refractivity contribution in [3.8, 4) is 0 Å². The fraction of sp³-hybridized carbons (Fsp3) is 0.316. The van der Waals surface area contributed by atoms with E-state index in [1.165, 1.54) is 12.3 Å². The number of hydrogen-bond acceptors (Lipinski definition) is 4. The Bertz CT molecular complexity index is 791. The molecule has 1 aromatic carbocycles. The molecule has 2 N–H and O–H groups in total. The number of hydrogen-bond donors (Lipinski definition) is 2. The maximum atomic E-state index is 13.8. The van der Waals surface area contributed by atoms with Crippen LogP contribution in [0.1, 0.15) is 29.6 Å². The monoisotopic (exact) mass is 356 g/mol. The van der Waals surface area contributed by atoms with Crippen LogP contribution in [0.4, 0.5) is 15.9 Å². The van der Waals surface area contributed by atoms with Crippen LogP contribution in [0.5, 0.6) is 0 Å². The van der Waals surface area contributed by atoms with Gasteiger partial charge in [-0.05, 0) is 37.1 Å². The Morgan fingerprint density at radius 1 is 1.12 bits per heavy atom. The molecule has 0 aliphatic carbocycles. The molecular weight excluding hydrogens is 335 g/mol. The Morgan fingerprint density at radius 2 is 1.88 bits per heavy atom. The molecule has 0 saturated carbocycles. The van der Waals surface area contributed by atoms with Crippen LogP contribution in [-0.4, -0.2) is 41.3 Å². The lowest BCUT2D eigenvalue weighted by Crippen LogP contribution is -2.33. The van der Waals surface area contributed by atoms with Gasteiger partial charge in [-0.15, -0.1) is 0 Å². The number of anilines is 2. The summed E-state index contributed by atoms with van der Waals surface area (Å²) >= 11 is 0. The van der Waals surface area contributed by atoms with E-state index in [9.17, 15) is 14.0 Å². The number of aromatic nitrogens is 1. The highest BCUT2D eigenvalue weighted by Crippen LogP contribution is 2.20. The first-order chi connectivity index (χ1) is 12.6. The minimum atomic E-state index is -0.430. The van der Waals surface area contributed by atoms with Crippen LogP contribution in [0, 0.1) is 5.82 Å². The van der Waals surface area contributed by atoms with E-state index in [1.54, 1.807) is 30.3 Å². The van der Waals surface area contributed by atoms with Crippen molar-refractivity contribution in [3.05, 3.63) is 54.0 Å². The van der Waals surface area contributed by atoms with Gasteiger partial charge in [0.25, 0.3) is 5.91 Å². The largest absolute Gasteiger partial charge is 0.351 e. The molecule has 1 aliphatic heterocycles. The number of carbonyl (C=O) groups excluding carboxylic acids is 2. The lowest BCUT2D eigenvalue weighted by atomic mass is 10.2. The van der Waals surface area contributed by atoms with Crippen LogP contribution >= 0.6 is 0 Å². The van der Waals surface area contributed by atoms with Crippen molar-refractivity contribution in [1.29, 1.82) is 0 Å². The van der Waals surface area contributed by atoms with Crippen molar-refractivity contribution in [2.24, 2.45) is 0 Å². The highest BCUT2D eigenvalue weighted by atomic mass is 19.1. The maximum Gasteiger partial charge on any atom is 0.255 e. The van der Waals surface area contributed by atoms with Crippen LogP contribution in [0.25, 0.3) is 0 Å². The fourth-order valence-corrected chi connectivity index (χ4v) is 2.88. The topological polar surface area (TPSA) is 74.3 Å². The van der Waals surface area contributed by atoms with Crippen molar-refractivity contribution in [2.75, 3.05) is 25.0 Å². The Kier molecular flexibility index (Phi) is 5.78. The molecule has 7 heteroatoms. The van der Waals surface area contributed by atoms with E-state index < -0.39 is 5.82 Å². The molecule has 0 spiro atoms. The summed E-state index contributed by atoms with van der Waals surface area (Å²) in [7, 11) is 0. The third-order valence-corrected chi connectivity index (χ3v) is 4.26. The number of para-hydroxylation sites is 1. The molecule has 2 heterocycles. The molecule has 2 amide bonds. The first-order valence-corrected chi connectivity index (χ1v) is 8.67. The van der Waals surface area contributed by atoms with Gasteiger partial charge in [-0.1, -0.05) is 12.1 Å². The normalized spacial score (nSPS) is 13.5. The van der Waals surface area contributed by atoms with Crippen molar-refractivity contribution in [3.63, 3.8) is 0 Å². The van der Waals surface area contributed by atoms with Gasteiger partial charge in [0.15, 0.2) is 0 Å². The van der Waals surface area contributed by atoms with Gasteiger partial charge in [0.1, 0.15) is 11.6 Å². The number of pyridine rings is 1. The van der Waals surface area contributed by atoms with E-state index in [0.717, 1.165) is 25.9 Å². The zero-order valence-electron chi connectivity index (χ0n) is 14.4. The van der Waals surface area contributed by atoms with E-state index >= 15 is 0 Å². The van der Waals surface area contributed by atoms with Gasteiger partial charge in [0.2, 0.25) is 5.91 Å². The molecule has 0 radical (unpaired) electrons. The van der Waals surface area contributed by atoms with Gasteiger partial charge in [-0.3, -0.25) is 9.59 Å². The van der Waals surface area contributed by atoms with Crippen molar-refractivity contribution in [2.45, 2.75) is 19.3 Å². The molecule has 26 heavy (non-hydrogen) atoms. The van der Waals surface area contributed by atoms with Gasteiger partial charge in [0.05, 0.1) is 11.3 Å². The Balaban J connectivity index is 1.60. The van der Waals surface area contributed by atoms with Gasteiger partial charge in [-0.2, -0.15) is 0 Å². The molecule has 6 nitrogen and oxygen atoms in total. The highest BCUT2D eigenvalue weighted by Gasteiger charge is 2.18.